The Morgan fingerprint density at radius 1 is 1.20 bits per heavy atom. The third-order valence-corrected chi connectivity index (χ3v) is 4.20. The molecule has 2 aromatic carbocycles. The Balaban J connectivity index is 1.82. The number of nitro groups is 1. The lowest BCUT2D eigenvalue weighted by Gasteiger charge is -2.11. The van der Waals surface area contributed by atoms with Crippen LogP contribution in [0.5, 0.6) is 11.5 Å². The summed E-state index contributed by atoms with van der Waals surface area (Å²) in [7, 11) is 0. The monoisotopic (exact) mass is 429 g/mol. The van der Waals surface area contributed by atoms with Gasteiger partial charge in [-0.15, -0.1) is 0 Å². The molecule has 0 aliphatic rings. The van der Waals surface area contributed by atoms with Crippen molar-refractivity contribution in [2.24, 2.45) is 5.10 Å². The van der Waals surface area contributed by atoms with Crippen LogP contribution in [-0.2, 0) is 0 Å². The second-order valence-corrected chi connectivity index (χ2v) is 6.44. The van der Waals surface area contributed by atoms with Crippen LogP contribution < -0.4 is 14.9 Å². The number of aromatic nitrogens is 2. The molecule has 3 aromatic rings. The fourth-order valence-corrected chi connectivity index (χ4v) is 2.99. The number of rotatable bonds is 8. The zero-order valence-electron chi connectivity index (χ0n) is 16.2. The summed E-state index contributed by atoms with van der Waals surface area (Å²) in [5.41, 5.74) is 4.37. The number of imidazole rings is 1. The molecule has 0 fully saturated rings. The molecule has 3 N–H and O–H groups in total. The number of hydrogen-bond acceptors (Lipinski definition) is 7. The molecule has 0 bridgehead atoms. The van der Waals surface area contributed by atoms with Crippen LogP contribution in [0.4, 0.5) is 5.69 Å². The smallest absolute Gasteiger partial charge is 0.315 e. The number of carbonyl (C=O) groups is 1. The number of H-pyrrole nitrogens is 2. The molecule has 0 radical (unpaired) electrons. The second-order valence-electron chi connectivity index (χ2n) is 6.03. The Kier molecular flexibility index (Phi) is 6.42. The predicted molar refractivity (Wildman–Crippen MR) is 114 cm³/mol. The van der Waals surface area contributed by atoms with Crippen molar-refractivity contribution >= 4 is 41.1 Å². The van der Waals surface area contributed by atoms with Gasteiger partial charge in [0, 0.05) is 17.2 Å². The minimum Gasteiger partial charge on any atom is -0.490 e. The molecule has 0 atom stereocenters. The summed E-state index contributed by atoms with van der Waals surface area (Å²) in [6, 6.07) is 7.85. The van der Waals surface area contributed by atoms with E-state index in [0.717, 1.165) is 5.52 Å². The van der Waals surface area contributed by atoms with E-state index in [0.29, 0.717) is 28.0 Å². The highest BCUT2D eigenvalue weighted by Gasteiger charge is 2.22. The van der Waals surface area contributed by atoms with E-state index in [4.69, 9.17) is 21.7 Å². The Hall–Kier alpha value is -3.73. The number of ether oxygens (including phenoxy) is 2. The van der Waals surface area contributed by atoms with Crippen molar-refractivity contribution in [2.75, 3.05) is 13.2 Å². The highest BCUT2D eigenvalue weighted by atomic mass is 32.1. The van der Waals surface area contributed by atoms with E-state index in [1.54, 1.807) is 38.1 Å². The summed E-state index contributed by atoms with van der Waals surface area (Å²) in [6.07, 6.45) is 1.30. The van der Waals surface area contributed by atoms with Crippen LogP contribution in [0.1, 0.15) is 29.8 Å². The number of fused-ring (bicyclic) bond motifs is 1. The maximum Gasteiger partial charge on any atom is 0.315 e. The number of benzene rings is 2. The number of amides is 1. The number of nitrogens with one attached hydrogen (secondary N) is 3. The van der Waals surface area contributed by atoms with Crippen LogP contribution in [-0.4, -0.2) is 40.2 Å². The molecule has 0 saturated carbocycles. The fraction of sp³-hybridized carbons (Fsp3) is 0.211. The summed E-state index contributed by atoms with van der Waals surface area (Å²) >= 11 is 5.03. The SMILES string of the molecule is CCOc1cc(/C=N\NC(=O)c2ccc3[nH]c(=S)[nH]c3c2)cc([N+](=O)[O-])c1OCC. The molecule has 0 aliphatic heterocycles. The molecule has 1 aromatic heterocycles. The van der Waals surface area contributed by atoms with Gasteiger partial charge in [0.1, 0.15) is 0 Å². The maximum absolute atomic E-state index is 12.3. The largest absolute Gasteiger partial charge is 0.490 e. The average Bonchev–Trinajstić information content (AvgIpc) is 3.08. The van der Waals surface area contributed by atoms with Gasteiger partial charge < -0.3 is 19.4 Å². The third kappa shape index (κ3) is 4.63. The number of hydrazone groups is 1. The summed E-state index contributed by atoms with van der Waals surface area (Å²) in [4.78, 5) is 29.1. The van der Waals surface area contributed by atoms with Crippen LogP contribution in [0.3, 0.4) is 0 Å². The highest BCUT2D eigenvalue weighted by molar-refractivity contribution is 7.71. The van der Waals surface area contributed by atoms with Crippen molar-refractivity contribution in [3.8, 4) is 11.5 Å². The van der Waals surface area contributed by atoms with Gasteiger partial charge in [0.2, 0.25) is 5.75 Å². The number of nitro benzene ring substituents is 1. The predicted octanol–water partition coefficient (Wildman–Crippen LogP) is 3.69. The highest BCUT2D eigenvalue weighted by Crippen LogP contribution is 2.38. The third-order valence-electron chi connectivity index (χ3n) is 4.00. The average molecular weight is 429 g/mol. The van der Waals surface area contributed by atoms with E-state index < -0.39 is 10.8 Å². The van der Waals surface area contributed by atoms with Gasteiger partial charge in [0.15, 0.2) is 10.5 Å². The topological polar surface area (TPSA) is 135 Å². The lowest BCUT2D eigenvalue weighted by atomic mass is 10.2. The van der Waals surface area contributed by atoms with Crippen molar-refractivity contribution in [1.29, 1.82) is 0 Å². The zero-order chi connectivity index (χ0) is 21.7. The molecule has 0 unspecified atom stereocenters. The standard InChI is InChI=1S/C19H19N5O5S/c1-3-28-16-8-11(7-15(24(26)27)17(16)29-4-2)10-20-23-18(25)12-5-6-13-14(9-12)22-19(30)21-13/h5-10H,3-4H2,1-2H3,(H,23,25)(H2,21,22,30)/b20-10-. The van der Waals surface area contributed by atoms with Gasteiger partial charge in [0.05, 0.1) is 35.4 Å². The first kappa shape index (κ1) is 21.0. The van der Waals surface area contributed by atoms with Crippen LogP contribution in [0, 0.1) is 14.9 Å². The molecule has 10 nitrogen and oxygen atoms in total. The van der Waals surface area contributed by atoms with E-state index in [1.807, 2.05) is 0 Å². The number of carbonyl (C=O) groups excluding carboxylic acids is 1. The molecule has 156 valence electrons. The molecular weight excluding hydrogens is 410 g/mol. The summed E-state index contributed by atoms with van der Waals surface area (Å²) in [5.74, 6) is -0.156. The Morgan fingerprint density at radius 3 is 2.63 bits per heavy atom. The number of hydrogen-bond donors (Lipinski definition) is 3. The first-order valence-electron chi connectivity index (χ1n) is 9.06. The van der Waals surface area contributed by atoms with Crippen molar-refractivity contribution in [3.63, 3.8) is 0 Å². The van der Waals surface area contributed by atoms with Crippen molar-refractivity contribution in [1.82, 2.24) is 15.4 Å². The van der Waals surface area contributed by atoms with Gasteiger partial charge in [-0.1, -0.05) is 0 Å². The minimum atomic E-state index is -0.556. The van der Waals surface area contributed by atoms with E-state index in [-0.39, 0.29) is 23.8 Å². The fourth-order valence-electron chi connectivity index (χ4n) is 2.77. The normalized spacial score (nSPS) is 11.0. The van der Waals surface area contributed by atoms with Gasteiger partial charge in [-0.3, -0.25) is 14.9 Å². The molecular formula is C19H19N5O5S. The minimum absolute atomic E-state index is 0.0581. The van der Waals surface area contributed by atoms with Crippen LogP contribution >= 0.6 is 12.2 Å². The molecule has 0 spiro atoms. The van der Waals surface area contributed by atoms with Gasteiger partial charge >= 0.3 is 5.69 Å². The van der Waals surface area contributed by atoms with E-state index in [2.05, 4.69) is 20.5 Å². The van der Waals surface area contributed by atoms with E-state index in [1.165, 1.54) is 12.3 Å². The molecule has 30 heavy (non-hydrogen) atoms. The van der Waals surface area contributed by atoms with Crippen LogP contribution in [0.2, 0.25) is 0 Å². The van der Waals surface area contributed by atoms with Gasteiger partial charge in [-0.2, -0.15) is 5.10 Å². The quantitative estimate of drug-likeness (QED) is 0.216. The van der Waals surface area contributed by atoms with Crippen molar-refractivity contribution in [3.05, 3.63) is 56.3 Å². The first-order chi connectivity index (χ1) is 14.4. The summed E-state index contributed by atoms with van der Waals surface area (Å²) < 4.78 is 11.3. The lowest BCUT2D eigenvalue weighted by Crippen LogP contribution is -2.17. The second kappa shape index (κ2) is 9.18. The molecule has 1 heterocycles. The van der Waals surface area contributed by atoms with Crippen LogP contribution in [0.15, 0.2) is 35.4 Å². The van der Waals surface area contributed by atoms with E-state index >= 15 is 0 Å². The molecule has 0 saturated heterocycles. The van der Waals surface area contributed by atoms with Gasteiger partial charge in [0.25, 0.3) is 5.91 Å². The first-order valence-corrected chi connectivity index (χ1v) is 9.47. The molecule has 1 amide bonds. The maximum atomic E-state index is 12.3. The van der Waals surface area contributed by atoms with Gasteiger partial charge in [-0.25, -0.2) is 5.43 Å². The zero-order valence-corrected chi connectivity index (χ0v) is 17.0. The lowest BCUT2D eigenvalue weighted by molar-refractivity contribution is -0.385. The molecule has 3 rings (SSSR count). The number of nitrogens with zero attached hydrogens (tertiary/aromatic N) is 2. The number of aromatic amines is 2. The van der Waals surface area contributed by atoms with E-state index in [9.17, 15) is 14.9 Å². The van der Waals surface area contributed by atoms with Crippen molar-refractivity contribution < 1.29 is 19.2 Å². The van der Waals surface area contributed by atoms with Crippen molar-refractivity contribution in [2.45, 2.75) is 13.8 Å². The summed E-state index contributed by atoms with van der Waals surface area (Å²) in [5, 5.41) is 15.3. The Morgan fingerprint density at radius 2 is 1.93 bits per heavy atom. The van der Waals surface area contributed by atoms with Gasteiger partial charge in [-0.05, 0) is 50.3 Å². The Bertz CT molecular complexity index is 1180. The summed E-state index contributed by atoms with van der Waals surface area (Å²) in [6.45, 7) is 4.04. The Labute approximate surface area is 176 Å². The molecule has 11 heteroatoms. The van der Waals surface area contributed by atoms with Crippen LogP contribution in [0.25, 0.3) is 11.0 Å². The molecule has 0 aliphatic carbocycles.